The number of nitrogens with two attached hydrogens (primary N) is 1. The second-order valence-electron chi connectivity index (χ2n) is 2.43. The van der Waals surface area contributed by atoms with Crippen molar-refractivity contribution in [1.82, 2.24) is 4.98 Å². The fraction of sp³-hybridized carbons (Fsp3) is 0.286. The average molecular weight is 223 g/mol. The van der Waals surface area contributed by atoms with E-state index >= 15 is 0 Å². The third kappa shape index (κ3) is 2.52. The van der Waals surface area contributed by atoms with Gasteiger partial charge in [0.05, 0.1) is 10.6 Å². The number of anilines is 1. The second-order valence-corrected chi connectivity index (χ2v) is 3.25. The standard InChI is InChI=1S/C7H8F3N3S/c1-14-6-3-4(7(8,9)10)2-5(12-6)13-11/h2-3H,11H2,1H3,(H,12,13). The molecule has 0 radical (unpaired) electrons. The van der Waals surface area contributed by atoms with Gasteiger partial charge in [-0.2, -0.15) is 13.2 Å². The number of halogens is 3. The van der Waals surface area contributed by atoms with E-state index in [9.17, 15) is 13.2 Å². The molecule has 0 aromatic carbocycles. The molecule has 0 spiro atoms. The number of nitrogens with one attached hydrogen (secondary N) is 1. The highest BCUT2D eigenvalue weighted by Crippen LogP contribution is 2.32. The average Bonchev–Trinajstić information content (AvgIpc) is 2.15. The van der Waals surface area contributed by atoms with Crippen molar-refractivity contribution in [3.8, 4) is 0 Å². The summed E-state index contributed by atoms with van der Waals surface area (Å²) in [5.41, 5.74) is 1.33. The Balaban J connectivity index is 3.17. The summed E-state index contributed by atoms with van der Waals surface area (Å²) in [6.07, 6.45) is -2.73. The normalized spacial score (nSPS) is 11.5. The van der Waals surface area contributed by atoms with E-state index in [1.54, 1.807) is 6.26 Å². The zero-order valence-corrected chi connectivity index (χ0v) is 8.04. The van der Waals surface area contributed by atoms with Gasteiger partial charge in [0.25, 0.3) is 0 Å². The molecule has 1 aromatic rings. The Morgan fingerprint density at radius 3 is 2.50 bits per heavy atom. The Morgan fingerprint density at radius 1 is 1.43 bits per heavy atom. The zero-order chi connectivity index (χ0) is 10.8. The first-order valence-electron chi connectivity index (χ1n) is 3.57. The van der Waals surface area contributed by atoms with E-state index in [2.05, 4.69) is 10.4 Å². The van der Waals surface area contributed by atoms with Crippen molar-refractivity contribution >= 4 is 17.6 Å². The van der Waals surface area contributed by atoms with E-state index in [1.165, 1.54) is 0 Å². The Kier molecular flexibility index (Phi) is 3.22. The van der Waals surface area contributed by atoms with E-state index in [0.29, 0.717) is 0 Å². The number of pyridine rings is 1. The van der Waals surface area contributed by atoms with Gasteiger partial charge >= 0.3 is 6.18 Å². The van der Waals surface area contributed by atoms with Crippen LogP contribution in [0.25, 0.3) is 0 Å². The minimum atomic E-state index is -4.38. The Bertz CT molecular complexity index is 304. The third-order valence-corrected chi connectivity index (χ3v) is 2.11. The van der Waals surface area contributed by atoms with Crippen LogP contribution < -0.4 is 11.3 Å². The van der Waals surface area contributed by atoms with Crippen LogP contribution in [0.1, 0.15) is 5.56 Å². The molecule has 0 fully saturated rings. The lowest BCUT2D eigenvalue weighted by Gasteiger charge is -2.09. The molecule has 0 aliphatic rings. The van der Waals surface area contributed by atoms with Gasteiger partial charge in [0, 0.05) is 0 Å². The summed E-state index contributed by atoms with van der Waals surface area (Å²) in [7, 11) is 0. The molecule has 0 amide bonds. The molecular weight excluding hydrogens is 215 g/mol. The van der Waals surface area contributed by atoms with Crippen LogP contribution >= 0.6 is 11.8 Å². The molecule has 0 saturated heterocycles. The van der Waals surface area contributed by atoms with Crippen molar-refractivity contribution in [2.75, 3.05) is 11.7 Å². The lowest BCUT2D eigenvalue weighted by Crippen LogP contribution is -2.12. The summed E-state index contributed by atoms with van der Waals surface area (Å²) in [6, 6.07) is 1.84. The topological polar surface area (TPSA) is 50.9 Å². The number of hydrogen-bond donors (Lipinski definition) is 2. The number of alkyl halides is 3. The minimum absolute atomic E-state index is 0.00387. The zero-order valence-electron chi connectivity index (χ0n) is 7.22. The number of aromatic nitrogens is 1. The van der Waals surface area contributed by atoms with E-state index < -0.39 is 11.7 Å². The molecule has 0 aliphatic carbocycles. The van der Waals surface area contributed by atoms with Crippen LogP contribution in [0.4, 0.5) is 19.0 Å². The van der Waals surface area contributed by atoms with E-state index in [0.717, 1.165) is 23.9 Å². The first-order valence-corrected chi connectivity index (χ1v) is 4.79. The first-order chi connectivity index (χ1) is 6.47. The van der Waals surface area contributed by atoms with Gasteiger partial charge in [-0.1, -0.05) is 0 Å². The van der Waals surface area contributed by atoms with Crippen molar-refractivity contribution in [3.05, 3.63) is 17.7 Å². The summed E-state index contributed by atoms with van der Waals surface area (Å²) in [5.74, 6) is 5.00. The molecule has 0 unspecified atom stereocenters. The lowest BCUT2D eigenvalue weighted by molar-refractivity contribution is -0.137. The molecule has 3 nitrogen and oxygen atoms in total. The molecule has 0 saturated carbocycles. The van der Waals surface area contributed by atoms with Crippen molar-refractivity contribution in [2.24, 2.45) is 5.84 Å². The fourth-order valence-corrected chi connectivity index (χ4v) is 1.28. The number of hydrazine groups is 1. The highest BCUT2D eigenvalue weighted by atomic mass is 32.2. The Labute approximate surface area is 82.9 Å². The smallest absolute Gasteiger partial charge is 0.308 e. The molecule has 1 heterocycles. The predicted octanol–water partition coefficient (Wildman–Crippen LogP) is 2.11. The van der Waals surface area contributed by atoms with Crippen LogP contribution in [0.3, 0.4) is 0 Å². The number of hydrogen-bond acceptors (Lipinski definition) is 4. The minimum Gasteiger partial charge on any atom is -0.308 e. The van der Waals surface area contributed by atoms with Gasteiger partial charge in [0.2, 0.25) is 0 Å². The van der Waals surface area contributed by atoms with Crippen LogP contribution in [-0.2, 0) is 6.18 Å². The van der Waals surface area contributed by atoms with E-state index in [4.69, 9.17) is 5.84 Å². The van der Waals surface area contributed by atoms with Crippen molar-refractivity contribution in [2.45, 2.75) is 11.2 Å². The van der Waals surface area contributed by atoms with Gasteiger partial charge in [-0.15, -0.1) is 11.8 Å². The number of thioether (sulfide) groups is 1. The van der Waals surface area contributed by atoms with Crippen molar-refractivity contribution < 1.29 is 13.2 Å². The second kappa shape index (κ2) is 4.05. The molecule has 1 rings (SSSR count). The molecule has 7 heteroatoms. The van der Waals surface area contributed by atoms with Crippen molar-refractivity contribution in [1.29, 1.82) is 0 Å². The van der Waals surface area contributed by atoms with Crippen LogP contribution in [0.5, 0.6) is 0 Å². The van der Waals surface area contributed by atoms with Crippen molar-refractivity contribution in [3.63, 3.8) is 0 Å². The number of rotatable bonds is 2. The third-order valence-electron chi connectivity index (χ3n) is 1.49. The molecule has 0 bridgehead atoms. The number of nitrogens with zero attached hydrogens (tertiary/aromatic N) is 1. The van der Waals surface area contributed by atoms with Gasteiger partial charge in [0.15, 0.2) is 0 Å². The van der Waals surface area contributed by atoms with E-state index in [1.807, 2.05) is 0 Å². The van der Waals surface area contributed by atoms with Gasteiger partial charge in [0.1, 0.15) is 5.82 Å². The molecular formula is C7H8F3N3S. The van der Waals surface area contributed by atoms with Crippen LogP contribution in [0.15, 0.2) is 17.2 Å². The molecule has 3 N–H and O–H groups in total. The largest absolute Gasteiger partial charge is 0.416 e. The summed E-state index contributed by atoms with van der Waals surface area (Å²) in [4.78, 5) is 3.81. The van der Waals surface area contributed by atoms with Crippen LogP contribution in [-0.4, -0.2) is 11.2 Å². The van der Waals surface area contributed by atoms with Gasteiger partial charge < -0.3 is 5.43 Å². The fourth-order valence-electron chi connectivity index (χ4n) is 0.847. The summed E-state index contributed by atoms with van der Waals surface area (Å²) >= 11 is 1.12. The summed E-state index contributed by atoms with van der Waals surface area (Å²) < 4.78 is 36.9. The molecule has 14 heavy (non-hydrogen) atoms. The SMILES string of the molecule is CSc1cc(C(F)(F)F)cc(NN)n1. The highest BCUT2D eigenvalue weighted by Gasteiger charge is 2.31. The Hall–Kier alpha value is -0.950. The van der Waals surface area contributed by atoms with E-state index in [-0.39, 0.29) is 10.8 Å². The maximum atomic E-state index is 12.3. The monoisotopic (exact) mass is 223 g/mol. The van der Waals surface area contributed by atoms with Gasteiger partial charge in [-0.05, 0) is 18.4 Å². The molecule has 1 aromatic heterocycles. The molecule has 78 valence electrons. The maximum Gasteiger partial charge on any atom is 0.416 e. The molecule has 0 atom stereocenters. The number of nitrogen functional groups attached to an aromatic ring is 1. The predicted molar refractivity (Wildman–Crippen MR) is 48.8 cm³/mol. The van der Waals surface area contributed by atoms with Gasteiger partial charge in [-0.3, -0.25) is 0 Å². The Morgan fingerprint density at radius 2 is 2.07 bits per heavy atom. The summed E-state index contributed by atoms with van der Waals surface area (Å²) in [5, 5.41) is 0.271. The molecule has 0 aliphatic heterocycles. The highest BCUT2D eigenvalue weighted by molar-refractivity contribution is 7.98. The maximum absolute atomic E-state index is 12.3. The quantitative estimate of drug-likeness (QED) is 0.458. The first kappa shape index (κ1) is 11.1. The lowest BCUT2D eigenvalue weighted by atomic mass is 10.2. The van der Waals surface area contributed by atoms with Crippen LogP contribution in [0.2, 0.25) is 0 Å². The van der Waals surface area contributed by atoms with Crippen LogP contribution in [0, 0.1) is 0 Å². The van der Waals surface area contributed by atoms with Gasteiger partial charge in [-0.25, -0.2) is 10.8 Å². The summed E-state index contributed by atoms with van der Waals surface area (Å²) in [6.45, 7) is 0.